The average molecular weight is 424 g/mol. The number of methoxy groups -OCH3 is 2. The third-order valence-electron chi connectivity index (χ3n) is 6.21. The first-order valence-electron chi connectivity index (χ1n) is 10.7. The van der Waals surface area contributed by atoms with Crippen molar-refractivity contribution in [1.82, 2.24) is 4.90 Å². The molecule has 4 rings (SSSR count). The number of likely N-dealkylation sites (tertiary alicyclic amines) is 1. The molecule has 0 unspecified atom stereocenters. The van der Waals surface area contributed by atoms with Gasteiger partial charge in [-0.15, -0.1) is 0 Å². The van der Waals surface area contributed by atoms with Gasteiger partial charge in [0.2, 0.25) is 0 Å². The van der Waals surface area contributed by atoms with E-state index in [0.717, 1.165) is 30.5 Å². The Hall–Kier alpha value is -2.99. The van der Waals surface area contributed by atoms with Gasteiger partial charge in [0.25, 0.3) is 0 Å². The van der Waals surface area contributed by atoms with E-state index in [1.54, 1.807) is 32.4 Å². The van der Waals surface area contributed by atoms with Gasteiger partial charge in [-0.1, -0.05) is 13.0 Å². The van der Waals surface area contributed by atoms with Gasteiger partial charge in [0, 0.05) is 18.5 Å². The van der Waals surface area contributed by atoms with Crippen LogP contribution in [0.3, 0.4) is 0 Å². The summed E-state index contributed by atoms with van der Waals surface area (Å²) in [6.07, 6.45) is 2.36. The molecule has 6 nitrogen and oxygen atoms in total. The number of nitrogens with zero attached hydrogens (tertiary/aromatic N) is 1. The fourth-order valence-corrected chi connectivity index (χ4v) is 4.59. The second kappa shape index (κ2) is 8.63. The van der Waals surface area contributed by atoms with Crippen LogP contribution in [0, 0.1) is 12.8 Å². The van der Waals surface area contributed by atoms with E-state index in [1.807, 2.05) is 19.1 Å². The second-order valence-corrected chi connectivity index (χ2v) is 8.38. The molecule has 1 aliphatic rings. The average Bonchev–Trinajstić information content (AvgIpc) is 2.75. The van der Waals surface area contributed by atoms with Gasteiger partial charge in [-0.2, -0.15) is 0 Å². The van der Waals surface area contributed by atoms with Gasteiger partial charge in [-0.25, -0.2) is 4.79 Å². The molecule has 3 aromatic rings. The van der Waals surface area contributed by atoms with E-state index in [2.05, 4.69) is 11.8 Å². The molecule has 1 atom stereocenters. The van der Waals surface area contributed by atoms with Gasteiger partial charge in [-0.3, -0.25) is 4.90 Å². The molecule has 2 heterocycles. The molecular weight excluding hydrogens is 394 g/mol. The molecule has 1 saturated heterocycles. The van der Waals surface area contributed by atoms with E-state index in [9.17, 15) is 9.90 Å². The summed E-state index contributed by atoms with van der Waals surface area (Å²) in [5, 5.41) is 11.4. The molecule has 0 radical (unpaired) electrons. The maximum absolute atomic E-state index is 13.1. The van der Waals surface area contributed by atoms with Crippen LogP contribution in [-0.4, -0.2) is 37.3 Å². The largest absolute Gasteiger partial charge is 0.507 e. The van der Waals surface area contributed by atoms with Crippen molar-refractivity contribution in [2.24, 2.45) is 5.92 Å². The molecule has 0 bridgehead atoms. The Morgan fingerprint density at radius 2 is 1.94 bits per heavy atom. The summed E-state index contributed by atoms with van der Waals surface area (Å²) in [4.78, 5) is 15.4. The summed E-state index contributed by atoms with van der Waals surface area (Å²) in [6.45, 7) is 6.67. The molecule has 6 heteroatoms. The molecule has 0 amide bonds. The van der Waals surface area contributed by atoms with Crippen molar-refractivity contribution in [1.29, 1.82) is 0 Å². The van der Waals surface area contributed by atoms with Crippen LogP contribution in [0.25, 0.3) is 22.1 Å². The molecule has 2 aromatic carbocycles. The fourth-order valence-electron chi connectivity index (χ4n) is 4.59. The summed E-state index contributed by atoms with van der Waals surface area (Å²) >= 11 is 0. The molecule has 31 heavy (non-hydrogen) atoms. The number of hydrogen-bond donors (Lipinski definition) is 1. The van der Waals surface area contributed by atoms with E-state index in [4.69, 9.17) is 13.9 Å². The summed E-state index contributed by atoms with van der Waals surface area (Å²) in [5.41, 5.74) is 2.69. The first kappa shape index (κ1) is 21.2. The summed E-state index contributed by atoms with van der Waals surface area (Å²) in [7, 11) is 3.14. The van der Waals surface area contributed by atoms with E-state index < -0.39 is 5.63 Å². The third kappa shape index (κ3) is 4.00. The number of piperidine rings is 1. The van der Waals surface area contributed by atoms with Crippen LogP contribution >= 0.6 is 0 Å². The number of rotatable bonds is 5. The lowest BCUT2D eigenvalue weighted by Crippen LogP contribution is -2.33. The zero-order valence-electron chi connectivity index (χ0n) is 18.5. The maximum Gasteiger partial charge on any atom is 0.344 e. The molecule has 1 N–H and O–H groups in total. The number of phenols is 1. The van der Waals surface area contributed by atoms with Crippen LogP contribution in [0.1, 0.15) is 30.9 Å². The van der Waals surface area contributed by atoms with E-state index in [0.29, 0.717) is 46.2 Å². The quantitative estimate of drug-likeness (QED) is 0.599. The third-order valence-corrected chi connectivity index (χ3v) is 6.21. The summed E-state index contributed by atoms with van der Waals surface area (Å²) in [5.74, 6) is 1.92. The molecule has 1 aliphatic heterocycles. The number of aryl methyl sites for hydroxylation is 1. The number of phenolic OH excluding ortho intramolecular Hbond substituents is 1. The van der Waals surface area contributed by atoms with E-state index in [-0.39, 0.29) is 5.75 Å². The van der Waals surface area contributed by atoms with Crippen LogP contribution in [0.15, 0.2) is 39.5 Å². The Morgan fingerprint density at radius 3 is 2.65 bits per heavy atom. The van der Waals surface area contributed by atoms with Gasteiger partial charge in [0.15, 0.2) is 11.5 Å². The van der Waals surface area contributed by atoms with Crippen molar-refractivity contribution in [2.45, 2.75) is 33.2 Å². The van der Waals surface area contributed by atoms with Gasteiger partial charge in [-0.05, 0) is 67.6 Å². The highest BCUT2D eigenvalue weighted by molar-refractivity contribution is 5.90. The van der Waals surface area contributed by atoms with Crippen LogP contribution in [0.4, 0.5) is 0 Å². The highest BCUT2D eigenvalue weighted by Crippen LogP contribution is 2.36. The predicted molar refractivity (Wildman–Crippen MR) is 121 cm³/mol. The highest BCUT2D eigenvalue weighted by Gasteiger charge is 2.22. The van der Waals surface area contributed by atoms with Gasteiger partial charge in [0.1, 0.15) is 11.3 Å². The minimum Gasteiger partial charge on any atom is -0.507 e. The lowest BCUT2D eigenvalue weighted by Gasteiger charge is -2.31. The Balaban J connectivity index is 1.83. The van der Waals surface area contributed by atoms with Crippen molar-refractivity contribution in [3.8, 4) is 28.4 Å². The predicted octanol–water partition coefficient (Wildman–Crippen LogP) is 4.72. The normalized spacial score (nSPS) is 17.1. The Bertz CT molecular complexity index is 1170. The van der Waals surface area contributed by atoms with Crippen LogP contribution in [-0.2, 0) is 6.54 Å². The lowest BCUT2D eigenvalue weighted by molar-refractivity contribution is 0.175. The highest BCUT2D eigenvalue weighted by atomic mass is 16.5. The van der Waals surface area contributed by atoms with Crippen molar-refractivity contribution >= 4 is 11.0 Å². The number of aromatic hydroxyl groups is 1. The monoisotopic (exact) mass is 423 g/mol. The molecule has 1 aromatic heterocycles. The van der Waals surface area contributed by atoms with Crippen molar-refractivity contribution in [3.63, 3.8) is 0 Å². The van der Waals surface area contributed by atoms with E-state index in [1.165, 1.54) is 6.42 Å². The second-order valence-electron chi connectivity index (χ2n) is 8.38. The smallest absolute Gasteiger partial charge is 0.344 e. The Morgan fingerprint density at radius 1 is 1.16 bits per heavy atom. The zero-order chi connectivity index (χ0) is 22.1. The molecule has 1 fully saturated rings. The Labute approximate surface area is 182 Å². The first-order chi connectivity index (χ1) is 14.9. The van der Waals surface area contributed by atoms with E-state index >= 15 is 0 Å². The fraction of sp³-hybridized carbons (Fsp3) is 0.400. The minimum atomic E-state index is -0.434. The molecule has 0 saturated carbocycles. The molecule has 164 valence electrons. The SMILES string of the molecule is COc1ccc(-c2c(C)c3ccc(O)c(CN4CCC[C@H](C)C4)c3oc2=O)cc1OC. The van der Waals surface area contributed by atoms with Crippen molar-refractivity contribution in [2.75, 3.05) is 27.3 Å². The zero-order valence-corrected chi connectivity index (χ0v) is 18.5. The molecule has 0 aliphatic carbocycles. The molecular formula is C25H29NO5. The number of fused-ring (bicyclic) bond motifs is 1. The van der Waals surface area contributed by atoms with Gasteiger partial charge < -0.3 is 19.0 Å². The molecule has 0 spiro atoms. The standard InChI is InChI=1S/C25H29NO5/c1-15-6-5-11-26(13-15)14-19-20(27)9-8-18-16(2)23(25(28)31-24(18)19)17-7-10-21(29-3)22(12-17)30-4/h7-10,12,15,27H,5-6,11,13-14H2,1-4H3/t15-/m0/s1. The summed E-state index contributed by atoms with van der Waals surface area (Å²) in [6, 6.07) is 8.88. The van der Waals surface area contributed by atoms with Crippen LogP contribution in [0.2, 0.25) is 0 Å². The minimum absolute atomic E-state index is 0.159. The maximum atomic E-state index is 13.1. The number of hydrogen-bond acceptors (Lipinski definition) is 6. The topological polar surface area (TPSA) is 72.1 Å². The van der Waals surface area contributed by atoms with Crippen LogP contribution < -0.4 is 15.1 Å². The first-order valence-corrected chi connectivity index (χ1v) is 10.7. The number of ether oxygens (including phenoxy) is 2. The lowest BCUT2D eigenvalue weighted by atomic mass is 9.96. The van der Waals surface area contributed by atoms with Gasteiger partial charge in [0.05, 0.1) is 25.3 Å². The van der Waals surface area contributed by atoms with Crippen LogP contribution in [0.5, 0.6) is 17.2 Å². The summed E-state index contributed by atoms with van der Waals surface area (Å²) < 4.78 is 16.5. The van der Waals surface area contributed by atoms with Crippen molar-refractivity contribution < 1.29 is 19.0 Å². The number of benzene rings is 2. The van der Waals surface area contributed by atoms with Gasteiger partial charge >= 0.3 is 5.63 Å². The Kier molecular flexibility index (Phi) is 5.92. The van der Waals surface area contributed by atoms with Crippen molar-refractivity contribution in [3.05, 3.63) is 51.9 Å².